The molecule has 1 aromatic carbocycles. The van der Waals surface area contributed by atoms with Gasteiger partial charge in [0.1, 0.15) is 11.2 Å². The maximum Gasteiger partial charge on any atom is 0.322 e. The average Bonchev–Trinajstić information content (AvgIpc) is 2.90. The first kappa shape index (κ1) is 14.3. The molecule has 1 saturated heterocycles. The molecule has 2 N–H and O–H groups in total. The van der Waals surface area contributed by atoms with Crippen LogP contribution in [0.3, 0.4) is 0 Å². The van der Waals surface area contributed by atoms with Gasteiger partial charge in [-0.05, 0) is 6.07 Å². The molecular formula is C16H13N5O3. The highest BCUT2D eigenvalue weighted by Gasteiger charge is 2.51. The fourth-order valence-corrected chi connectivity index (χ4v) is 3.22. The van der Waals surface area contributed by atoms with E-state index in [9.17, 15) is 14.4 Å². The lowest BCUT2D eigenvalue weighted by atomic mass is 9.82. The van der Waals surface area contributed by atoms with E-state index in [2.05, 4.69) is 20.6 Å². The molecule has 1 spiro atoms. The van der Waals surface area contributed by atoms with Gasteiger partial charge in [0.2, 0.25) is 0 Å². The number of nitrogens with one attached hydrogen (secondary N) is 2. The summed E-state index contributed by atoms with van der Waals surface area (Å²) in [6.07, 6.45) is 4.64. The third-order valence-corrected chi connectivity index (χ3v) is 4.33. The minimum absolute atomic E-state index is 0.225. The first-order valence-corrected chi connectivity index (χ1v) is 7.43. The number of hydrogen-bond acceptors (Lipinski definition) is 5. The normalized spacial score (nSPS) is 22.1. The number of imide groups is 1. The van der Waals surface area contributed by atoms with E-state index in [-0.39, 0.29) is 24.6 Å². The van der Waals surface area contributed by atoms with Crippen molar-refractivity contribution in [2.45, 2.75) is 12.0 Å². The summed E-state index contributed by atoms with van der Waals surface area (Å²) < 4.78 is 0. The first-order valence-electron chi connectivity index (χ1n) is 7.43. The molecule has 2 aliphatic heterocycles. The van der Waals surface area contributed by atoms with Gasteiger partial charge < -0.3 is 10.2 Å². The second-order valence-electron chi connectivity index (χ2n) is 5.63. The van der Waals surface area contributed by atoms with Crippen molar-refractivity contribution in [3.63, 3.8) is 0 Å². The Bertz CT molecular complexity index is 854. The summed E-state index contributed by atoms with van der Waals surface area (Å²) in [4.78, 5) is 46.2. The molecule has 1 aromatic heterocycles. The number of anilines is 1. The van der Waals surface area contributed by atoms with Crippen LogP contribution in [0.15, 0.2) is 42.9 Å². The lowest BCUT2D eigenvalue weighted by molar-refractivity contribution is -0.124. The van der Waals surface area contributed by atoms with Gasteiger partial charge in [0.05, 0.1) is 11.9 Å². The molecule has 2 aliphatic rings. The third kappa shape index (κ3) is 1.96. The summed E-state index contributed by atoms with van der Waals surface area (Å²) in [5, 5.41) is 4.99. The molecule has 0 radical (unpaired) electrons. The van der Waals surface area contributed by atoms with Crippen LogP contribution in [0.2, 0.25) is 0 Å². The van der Waals surface area contributed by atoms with Crippen molar-refractivity contribution >= 4 is 23.5 Å². The molecule has 24 heavy (non-hydrogen) atoms. The van der Waals surface area contributed by atoms with Crippen LogP contribution >= 0.6 is 0 Å². The molecule has 1 unspecified atom stereocenters. The first-order chi connectivity index (χ1) is 11.6. The Balaban J connectivity index is 1.79. The second kappa shape index (κ2) is 5.12. The monoisotopic (exact) mass is 323 g/mol. The molecule has 2 aromatic rings. The van der Waals surface area contributed by atoms with E-state index in [1.807, 2.05) is 0 Å². The predicted molar refractivity (Wildman–Crippen MR) is 83.1 cm³/mol. The number of benzene rings is 1. The van der Waals surface area contributed by atoms with Gasteiger partial charge in [-0.1, -0.05) is 18.2 Å². The largest absolute Gasteiger partial charge is 0.322 e. The Hall–Kier alpha value is -3.29. The van der Waals surface area contributed by atoms with Crippen molar-refractivity contribution in [3.05, 3.63) is 54.1 Å². The van der Waals surface area contributed by atoms with Crippen LogP contribution in [0, 0.1) is 0 Å². The number of hydrogen-bond donors (Lipinski definition) is 2. The van der Waals surface area contributed by atoms with Crippen LogP contribution in [0.1, 0.15) is 22.5 Å². The number of aromatic nitrogens is 2. The Morgan fingerprint density at radius 1 is 1.21 bits per heavy atom. The van der Waals surface area contributed by atoms with Crippen LogP contribution in [0.25, 0.3) is 0 Å². The van der Waals surface area contributed by atoms with Crippen LogP contribution in [0.4, 0.5) is 10.5 Å². The zero-order valence-corrected chi connectivity index (χ0v) is 12.5. The average molecular weight is 323 g/mol. The topological polar surface area (TPSA) is 104 Å². The van der Waals surface area contributed by atoms with Gasteiger partial charge >= 0.3 is 6.03 Å². The SMILES string of the molecule is O=C1NC(=O)C2(CCN(C(=O)c3cnccn3)c3ccccc32)N1. The van der Waals surface area contributed by atoms with E-state index in [4.69, 9.17) is 0 Å². The van der Waals surface area contributed by atoms with Crippen LogP contribution in [-0.4, -0.2) is 34.4 Å². The number of amides is 4. The minimum atomic E-state index is -1.13. The molecule has 0 bridgehead atoms. The Morgan fingerprint density at radius 3 is 2.75 bits per heavy atom. The Morgan fingerprint density at radius 2 is 2.04 bits per heavy atom. The van der Waals surface area contributed by atoms with Crippen molar-refractivity contribution in [2.24, 2.45) is 0 Å². The van der Waals surface area contributed by atoms with Gasteiger partial charge in [-0.3, -0.25) is 19.9 Å². The van der Waals surface area contributed by atoms with Crippen molar-refractivity contribution < 1.29 is 14.4 Å². The maximum atomic E-state index is 12.7. The quantitative estimate of drug-likeness (QED) is 0.746. The summed E-state index contributed by atoms with van der Waals surface area (Å²) in [6, 6.07) is 6.53. The molecule has 0 saturated carbocycles. The van der Waals surface area contributed by atoms with E-state index >= 15 is 0 Å². The van der Waals surface area contributed by atoms with Gasteiger partial charge in [0, 0.05) is 30.9 Å². The second-order valence-corrected chi connectivity index (χ2v) is 5.63. The Labute approximate surface area is 136 Å². The number of fused-ring (bicyclic) bond motifs is 2. The van der Waals surface area contributed by atoms with E-state index in [1.54, 1.807) is 29.2 Å². The van der Waals surface area contributed by atoms with Gasteiger partial charge in [0.25, 0.3) is 11.8 Å². The van der Waals surface area contributed by atoms with Crippen molar-refractivity contribution in [1.82, 2.24) is 20.6 Å². The summed E-state index contributed by atoms with van der Waals surface area (Å²) in [5.74, 6) is -0.693. The number of carbonyl (C=O) groups excluding carboxylic acids is 3. The van der Waals surface area contributed by atoms with Crippen molar-refractivity contribution in [2.75, 3.05) is 11.4 Å². The molecule has 1 fully saturated rings. The summed E-state index contributed by atoms with van der Waals surface area (Å²) in [5.41, 5.74) is 0.268. The number of para-hydroxylation sites is 1. The molecule has 1 atom stereocenters. The minimum Gasteiger partial charge on any atom is -0.319 e. The van der Waals surface area contributed by atoms with Crippen LogP contribution in [-0.2, 0) is 10.3 Å². The standard InChI is InChI=1S/C16H13N5O3/c22-13(11-9-17-6-7-18-11)21-8-5-16(14(23)19-15(24)20-16)10-3-1-2-4-12(10)21/h1-4,6-7,9H,5,8H2,(H2,19,20,23,24). The number of urea groups is 1. The maximum absolute atomic E-state index is 12.7. The molecule has 120 valence electrons. The van der Waals surface area contributed by atoms with Gasteiger partial charge in [0.15, 0.2) is 0 Å². The Kier molecular flexibility index (Phi) is 3.05. The third-order valence-electron chi connectivity index (χ3n) is 4.33. The molecule has 4 amide bonds. The molecule has 8 nitrogen and oxygen atoms in total. The van der Waals surface area contributed by atoms with E-state index < -0.39 is 17.5 Å². The van der Waals surface area contributed by atoms with Crippen LogP contribution < -0.4 is 15.5 Å². The highest BCUT2D eigenvalue weighted by atomic mass is 16.2. The summed E-state index contributed by atoms with van der Waals surface area (Å²) in [7, 11) is 0. The molecule has 4 rings (SSSR count). The van der Waals surface area contributed by atoms with E-state index in [1.165, 1.54) is 18.6 Å². The fraction of sp³-hybridized carbons (Fsp3) is 0.188. The lowest BCUT2D eigenvalue weighted by Crippen LogP contribution is -2.52. The number of carbonyl (C=O) groups is 3. The summed E-state index contributed by atoms with van der Waals surface area (Å²) >= 11 is 0. The molecular weight excluding hydrogens is 310 g/mol. The van der Waals surface area contributed by atoms with Gasteiger partial charge in [-0.2, -0.15) is 0 Å². The van der Waals surface area contributed by atoms with Crippen LogP contribution in [0.5, 0.6) is 0 Å². The molecule has 3 heterocycles. The van der Waals surface area contributed by atoms with Gasteiger partial charge in [-0.15, -0.1) is 0 Å². The molecule has 0 aliphatic carbocycles. The summed E-state index contributed by atoms with van der Waals surface area (Å²) in [6.45, 7) is 0.278. The fourth-order valence-electron chi connectivity index (χ4n) is 3.22. The van der Waals surface area contributed by atoms with Crippen molar-refractivity contribution in [1.29, 1.82) is 0 Å². The zero-order chi connectivity index (χ0) is 16.7. The predicted octanol–water partition coefficient (Wildman–Crippen LogP) is 0.562. The number of nitrogens with zero attached hydrogens (tertiary/aromatic N) is 3. The van der Waals surface area contributed by atoms with E-state index in [0.29, 0.717) is 11.3 Å². The zero-order valence-electron chi connectivity index (χ0n) is 12.5. The van der Waals surface area contributed by atoms with E-state index in [0.717, 1.165) is 0 Å². The lowest BCUT2D eigenvalue weighted by Gasteiger charge is -2.38. The van der Waals surface area contributed by atoms with Gasteiger partial charge in [-0.25, -0.2) is 9.78 Å². The smallest absolute Gasteiger partial charge is 0.319 e. The van der Waals surface area contributed by atoms with Crippen molar-refractivity contribution in [3.8, 4) is 0 Å². The molecule has 8 heteroatoms. The highest BCUT2D eigenvalue weighted by Crippen LogP contribution is 2.40. The highest BCUT2D eigenvalue weighted by molar-refractivity contribution is 6.11. The number of rotatable bonds is 1.